The molecule has 1 aliphatic rings. The van der Waals surface area contributed by atoms with E-state index in [4.69, 9.17) is 14.5 Å². The lowest BCUT2D eigenvalue weighted by Gasteiger charge is -2.35. The molecule has 3 aromatic rings. The summed E-state index contributed by atoms with van der Waals surface area (Å²) in [4.78, 5) is 9.87. The third kappa shape index (κ3) is 4.04. The summed E-state index contributed by atoms with van der Waals surface area (Å²) in [7, 11) is 1.66. The van der Waals surface area contributed by atoms with E-state index < -0.39 is 0 Å². The third-order valence-corrected chi connectivity index (χ3v) is 5.34. The fourth-order valence-corrected chi connectivity index (χ4v) is 3.65. The molecule has 5 heteroatoms. The van der Waals surface area contributed by atoms with Crippen LogP contribution in [0.15, 0.2) is 54.6 Å². The lowest BCUT2D eigenvalue weighted by molar-refractivity contribution is 0.270. The molecule has 1 aromatic heterocycles. The van der Waals surface area contributed by atoms with Crippen LogP contribution in [0.3, 0.4) is 0 Å². The highest BCUT2D eigenvalue weighted by Crippen LogP contribution is 2.27. The highest BCUT2D eigenvalue weighted by atomic mass is 16.5. The first-order valence-electron chi connectivity index (χ1n) is 9.89. The molecule has 0 bridgehead atoms. The predicted octanol–water partition coefficient (Wildman–Crippen LogP) is 3.96. The molecular weight excluding hydrogens is 350 g/mol. The zero-order valence-electron chi connectivity index (χ0n) is 16.6. The van der Waals surface area contributed by atoms with Gasteiger partial charge in [0.15, 0.2) is 0 Å². The molecule has 5 nitrogen and oxygen atoms in total. The zero-order chi connectivity index (χ0) is 19.3. The number of benzene rings is 2. The summed E-state index contributed by atoms with van der Waals surface area (Å²) < 4.78 is 11.2. The summed E-state index contributed by atoms with van der Waals surface area (Å²) in [6, 6.07) is 18.3. The molecule has 0 spiro atoms. The number of pyridine rings is 1. The molecule has 0 N–H and O–H groups in total. The largest absolute Gasteiger partial charge is 0.497 e. The van der Waals surface area contributed by atoms with Crippen molar-refractivity contribution in [1.82, 2.24) is 9.88 Å². The fraction of sp³-hybridized carbons (Fsp3) is 0.348. The van der Waals surface area contributed by atoms with Gasteiger partial charge in [-0.2, -0.15) is 0 Å². The van der Waals surface area contributed by atoms with Gasteiger partial charge in [0.05, 0.1) is 12.8 Å². The van der Waals surface area contributed by atoms with E-state index in [-0.39, 0.29) is 0 Å². The topological polar surface area (TPSA) is 37.8 Å². The molecule has 1 saturated heterocycles. The molecule has 146 valence electrons. The number of piperazine rings is 1. The number of rotatable bonds is 6. The monoisotopic (exact) mass is 377 g/mol. The van der Waals surface area contributed by atoms with Crippen molar-refractivity contribution in [2.24, 2.45) is 0 Å². The second kappa shape index (κ2) is 8.48. The molecule has 28 heavy (non-hydrogen) atoms. The maximum absolute atomic E-state index is 5.97. The minimum Gasteiger partial charge on any atom is -0.497 e. The fourth-order valence-electron chi connectivity index (χ4n) is 3.65. The van der Waals surface area contributed by atoms with Crippen LogP contribution in [0.2, 0.25) is 0 Å². The van der Waals surface area contributed by atoms with E-state index in [0.29, 0.717) is 6.61 Å². The summed E-state index contributed by atoms with van der Waals surface area (Å²) in [5.41, 5.74) is 0.947. The lowest BCUT2D eigenvalue weighted by Crippen LogP contribution is -2.46. The Morgan fingerprint density at radius 3 is 2.36 bits per heavy atom. The van der Waals surface area contributed by atoms with Crippen LogP contribution in [0.1, 0.15) is 12.6 Å². The first-order chi connectivity index (χ1) is 13.8. The standard InChI is InChI=1S/C23H27N3O2/c1-3-25-12-14-26(15-13-25)23-22-7-5-4-6-18(22)16-19(24-23)17-28-21-10-8-20(27-2)9-11-21/h4-11,16H,3,12-15,17H2,1-2H3. The smallest absolute Gasteiger partial charge is 0.136 e. The Hall–Kier alpha value is -2.79. The van der Waals surface area contributed by atoms with Crippen LogP contribution in [0.4, 0.5) is 5.82 Å². The molecule has 0 aliphatic carbocycles. The van der Waals surface area contributed by atoms with E-state index >= 15 is 0 Å². The Bertz CT molecular complexity index is 919. The van der Waals surface area contributed by atoms with Crippen molar-refractivity contribution in [3.05, 3.63) is 60.3 Å². The lowest BCUT2D eigenvalue weighted by atomic mass is 10.1. The quantitative estimate of drug-likeness (QED) is 0.650. The summed E-state index contributed by atoms with van der Waals surface area (Å²) in [6.07, 6.45) is 0. The van der Waals surface area contributed by atoms with E-state index in [0.717, 1.165) is 55.7 Å². The van der Waals surface area contributed by atoms with Gasteiger partial charge in [0.2, 0.25) is 0 Å². The number of hydrogen-bond acceptors (Lipinski definition) is 5. The van der Waals surface area contributed by atoms with E-state index in [1.807, 2.05) is 24.3 Å². The van der Waals surface area contributed by atoms with Crippen LogP contribution in [0.5, 0.6) is 11.5 Å². The van der Waals surface area contributed by atoms with Crippen LogP contribution < -0.4 is 14.4 Å². The van der Waals surface area contributed by atoms with Crippen LogP contribution in [-0.4, -0.2) is 49.7 Å². The van der Waals surface area contributed by atoms with Gasteiger partial charge in [-0.1, -0.05) is 31.2 Å². The number of nitrogens with zero attached hydrogens (tertiary/aromatic N) is 3. The summed E-state index contributed by atoms with van der Waals surface area (Å²) in [6.45, 7) is 7.96. The van der Waals surface area contributed by atoms with E-state index in [9.17, 15) is 0 Å². The van der Waals surface area contributed by atoms with Crippen molar-refractivity contribution in [3.63, 3.8) is 0 Å². The Balaban J connectivity index is 1.56. The normalized spacial score (nSPS) is 15.0. The predicted molar refractivity (Wildman–Crippen MR) is 113 cm³/mol. The number of likely N-dealkylation sites (N-methyl/N-ethyl adjacent to an activating group) is 1. The Labute approximate surface area is 166 Å². The Morgan fingerprint density at radius 2 is 1.64 bits per heavy atom. The van der Waals surface area contributed by atoms with E-state index in [1.165, 1.54) is 10.8 Å². The van der Waals surface area contributed by atoms with Gasteiger partial charge in [-0.3, -0.25) is 0 Å². The average molecular weight is 377 g/mol. The summed E-state index contributed by atoms with van der Waals surface area (Å²) >= 11 is 0. The summed E-state index contributed by atoms with van der Waals surface area (Å²) in [5.74, 6) is 2.71. The molecule has 0 atom stereocenters. The van der Waals surface area contributed by atoms with Gasteiger partial charge in [-0.05, 0) is 42.3 Å². The second-order valence-electron chi connectivity index (χ2n) is 7.04. The first kappa shape index (κ1) is 18.6. The van der Waals surface area contributed by atoms with Crippen molar-refractivity contribution >= 4 is 16.6 Å². The molecule has 2 heterocycles. The molecule has 0 radical (unpaired) electrons. The van der Waals surface area contributed by atoms with Crippen molar-refractivity contribution in [2.45, 2.75) is 13.5 Å². The van der Waals surface area contributed by atoms with Crippen molar-refractivity contribution in [1.29, 1.82) is 0 Å². The number of methoxy groups -OCH3 is 1. The van der Waals surface area contributed by atoms with Crippen LogP contribution in [-0.2, 0) is 6.61 Å². The van der Waals surface area contributed by atoms with Crippen LogP contribution >= 0.6 is 0 Å². The van der Waals surface area contributed by atoms with Crippen molar-refractivity contribution in [3.8, 4) is 11.5 Å². The highest BCUT2D eigenvalue weighted by molar-refractivity contribution is 5.92. The van der Waals surface area contributed by atoms with Gasteiger partial charge in [-0.25, -0.2) is 4.98 Å². The minimum absolute atomic E-state index is 0.444. The minimum atomic E-state index is 0.444. The highest BCUT2D eigenvalue weighted by Gasteiger charge is 2.19. The molecule has 0 saturated carbocycles. The number of anilines is 1. The SMILES string of the molecule is CCN1CCN(c2nc(COc3ccc(OC)cc3)cc3ccccc23)CC1. The first-order valence-corrected chi connectivity index (χ1v) is 9.89. The zero-order valence-corrected chi connectivity index (χ0v) is 16.6. The van der Waals surface area contributed by atoms with E-state index in [1.54, 1.807) is 7.11 Å². The number of fused-ring (bicyclic) bond motifs is 1. The van der Waals surface area contributed by atoms with Gasteiger partial charge in [0.1, 0.15) is 23.9 Å². The molecule has 0 amide bonds. The van der Waals surface area contributed by atoms with Gasteiger partial charge < -0.3 is 19.3 Å². The number of ether oxygens (including phenoxy) is 2. The molecule has 1 aliphatic heterocycles. The van der Waals surface area contributed by atoms with Gasteiger partial charge in [0, 0.05) is 31.6 Å². The molecule has 4 rings (SSSR count). The molecular formula is C23H27N3O2. The second-order valence-corrected chi connectivity index (χ2v) is 7.04. The Morgan fingerprint density at radius 1 is 0.929 bits per heavy atom. The molecule has 2 aromatic carbocycles. The van der Waals surface area contributed by atoms with Crippen molar-refractivity contribution < 1.29 is 9.47 Å². The number of hydrogen-bond donors (Lipinski definition) is 0. The van der Waals surface area contributed by atoms with Crippen LogP contribution in [0.25, 0.3) is 10.8 Å². The van der Waals surface area contributed by atoms with Gasteiger partial charge in [-0.15, -0.1) is 0 Å². The Kier molecular flexibility index (Phi) is 5.63. The average Bonchev–Trinajstić information content (AvgIpc) is 2.77. The molecule has 1 fully saturated rings. The van der Waals surface area contributed by atoms with E-state index in [2.05, 4.69) is 47.1 Å². The van der Waals surface area contributed by atoms with Gasteiger partial charge in [0.25, 0.3) is 0 Å². The third-order valence-electron chi connectivity index (χ3n) is 5.34. The van der Waals surface area contributed by atoms with Gasteiger partial charge >= 0.3 is 0 Å². The number of aromatic nitrogens is 1. The summed E-state index contributed by atoms with van der Waals surface area (Å²) in [5, 5.41) is 2.42. The maximum atomic E-state index is 5.97. The van der Waals surface area contributed by atoms with Crippen molar-refractivity contribution in [2.75, 3.05) is 44.7 Å². The maximum Gasteiger partial charge on any atom is 0.136 e. The van der Waals surface area contributed by atoms with Crippen LogP contribution in [0, 0.1) is 0 Å². The molecule has 0 unspecified atom stereocenters.